The van der Waals surface area contributed by atoms with Crippen LogP contribution in [0.25, 0.3) is 10.8 Å². The second-order valence-electron chi connectivity index (χ2n) is 8.86. The molecule has 4 rings (SSSR count). The molecule has 10 heteroatoms. The fourth-order valence-corrected chi connectivity index (χ4v) is 6.64. The Bertz CT molecular complexity index is 1440. The number of hydrogen-bond donors (Lipinski definition) is 1. The number of benzene rings is 3. The summed E-state index contributed by atoms with van der Waals surface area (Å²) < 4.78 is 53.5. The SMILES string of the molecule is CN(C)S(=O)(=O)c1ccc(CNC(=O)[C@@H]2CCCN(S(=O)(=O)c3ccc4ccccc4c3)C2)cc1. The van der Waals surface area contributed by atoms with E-state index in [-0.39, 0.29) is 28.8 Å². The summed E-state index contributed by atoms with van der Waals surface area (Å²) in [6.45, 7) is 0.733. The Morgan fingerprint density at radius 2 is 1.60 bits per heavy atom. The van der Waals surface area contributed by atoms with Crippen molar-refractivity contribution in [2.75, 3.05) is 27.2 Å². The van der Waals surface area contributed by atoms with Crippen molar-refractivity contribution in [1.82, 2.24) is 13.9 Å². The average molecular weight is 516 g/mol. The molecule has 1 aliphatic rings. The highest BCUT2D eigenvalue weighted by Gasteiger charge is 2.33. The van der Waals surface area contributed by atoms with Crippen LogP contribution in [0.1, 0.15) is 18.4 Å². The second kappa shape index (κ2) is 10.1. The van der Waals surface area contributed by atoms with Gasteiger partial charge in [0, 0.05) is 33.7 Å². The molecule has 3 aromatic carbocycles. The molecule has 35 heavy (non-hydrogen) atoms. The molecule has 3 aromatic rings. The highest BCUT2D eigenvalue weighted by molar-refractivity contribution is 7.89. The smallest absolute Gasteiger partial charge is 0.243 e. The van der Waals surface area contributed by atoms with Crippen LogP contribution in [0.5, 0.6) is 0 Å². The van der Waals surface area contributed by atoms with Crippen molar-refractivity contribution in [3.8, 4) is 0 Å². The van der Waals surface area contributed by atoms with E-state index >= 15 is 0 Å². The van der Waals surface area contributed by atoms with Gasteiger partial charge in [-0.25, -0.2) is 21.1 Å². The fourth-order valence-electron chi connectivity index (χ4n) is 4.18. The predicted molar refractivity (Wildman–Crippen MR) is 135 cm³/mol. The molecule has 0 radical (unpaired) electrons. The summed E-state index contributed by atoms with van der Waals surface area (Å²) in [5, 5.41) is 4.68. The number of carbonyl (C=O) groups excluding carboxylic acids is 1. The molecule has 1 saturated heterocycles. The molecular weight excluding hydrogens is 486 g/mol. The topological polar surface area (TPSA) is 104 Å². The van der Waals surface area contributed by atoms with Gasteiger partial charge in [-0.2, -0.15) is 4.31 Å². The zero-order chi connectivity index (χ0) is 25.2. The van der Waals surface area contributed by atoms with Crippen LogP contribution in [0.2, 0.25) is 0 Å². The van der Waals surface area contributed by atoms with Gasteiger partial charge in [-0.05, 0) is 53.4 Å². The molecule has 1 heterocycles. The van der Waals surface area contributed by atoms with Crippen LogP contribution in [0.4, 0.5) is 0 Å². The molecule has 0 bridgehead atoms. The predicted octanol–water partition coefficient (Wildman–Crippen LogP) is 2.81. The monoisotopic (exact) mass is 515 g/mol. The summed E-state index contributed by atoms with van der Waals surface area (Å²) in [5.74, 6) is -0.666. The van der Waals surface area contributed by atoms with E-state index in [9.17, 15) is 21.6 Å². The normalized spacial score (nSPS) is 17.5. The first-order valence-electron chi connectivity index (χ1n) is 11.4. The molecule has 1 atom stereocenters. The van der Waals surface area contributed by atoms with Crippen molar-refractivity contribution in [3.05, 3.63) is 72.3 Å². The highest BCUT2D eigenvalue weighted by atomic mass is 32.2. The molecular formula is C25H29N3O5S2. The molecule has 0 saturated carbocycles. The molecule has 1 amide bonds. The van der Waals surface area contributed by atoms with E-state index in [0.29, 0.717) is 19.4 Å². The third kappa shape index (κ3) is 5.40. The molecule has 186 valence electrons. The number of nitrogens with zero attached hydrogens (tertiary/aromatic N) is 2. The van der Waals surface area contributed by atoms with Crippen LogP contribution in [-0.4, -0.2) is 58.5 Å². The lowest BCUT2D eigenvalue weighted by Gasteiger charge is -2.31. The van der Waals surface area contributed by atoms with Crippen molar-refractivity contribution in [3.63, 3.8) is 0 Å². The van der Waals surface area contributed by atoms with Crippen molar-refractivity contribution >= 4 is 36.7 Å². The Hall–Kier alpha value is -2.79. The number of amides is 1. The van der Waals surface area contributed by atoms with Crippen LogP contribution in [0, 0.1) is 5.92 Å². The van der Waals surface area contributed by atoms with Crippen molar-refractivity contribution < 1.29 is 21.6 Å². The lowest BCUT2D eigenvalue weighted by molar-refractivity contribution is -0.126. The largest absolute Gasteiger partial charge is 0.352 e. The van der Waals surface area contributed by atoms with E-state index in [0.717, 1.165) is 20.6 Å². The zero-order valence-corrected chi connectivity index (χ0v) is 21.3. The van der Waals surface area contributed by atoms with Gasteiger partial charge in [-0.15, -0.1) is 0 Å². The minimum absolute atomic E-state index is 0.126. The van der Waals surface area contributed by atoms with Crippen molar-refractivity contribution in [2.45, 2.75) is 29.2 Å². The Balaban J connectivity index is 1.40. The van der Waals surface area contributed by atoms with Gasteiger partial charge >= 0.3 is 0 Å². The van der Waals surface area contributed by atoms with Gasteiger partial charge in [0.1, 0.15) is 0 Å². The van der Waals surface area contributed by atoms with E-state index in [1.807, 2.05) is 24.3 Å². The summed E-state index contributed by atoms with van der Waals surface area (Å²) in [6.07, 6.45) is 1.21. The first-order valence-corrected chi connectivity index (χ1v) is 14.3. The van der Waals surface area contributed by atoms with Crippen LogP contribution in [0.3, 0.4) is 0 Å². The number of nitrogens with one attached hydrogen (secondary N) is 1. The highest BCUT2D eigenvalue weighted by Crippen LogP contribution is 2.26. The van der Waals surface area contributed by atoms with Crippen molar-refractivity contribution in [1.29, 1.82) is 0 Å². The second-order valence-corrected chi connectivity index (χ2v) is 13.0. The van der Waals surface area contributed by atoms with Gasteiger partial charge in [-0.3, -0.25) is 4.79 Å². The molecule has 0 unspecified atom stereocenters. The summed E-state index contributed by atoms with van der Waals surface area (Å²) in [7, 11) is -4.30. The number of hydrogen-bond acceptors (Lipinski definition) is 5. The Morgan fingerprint density at radius 3 is 2.29 bits per heavy atom. The number of sulfonamides is 2. The van der Waals surface area contributed by atoms with E-state index in [1.54, 1.807) is 30.3 Å². The summed E-state index contributed by atoms with van der Waals surface area (Å²) in [4.78, 5) is 13.2. The Kier molecular flexibility index (Phi) is 7.27. The fraction of sp³-hybridized carbons (Fsp3) is 0.320. The Labute approximate surface area is 206 Å². The third-order valence-corrected chi connectivity index (χ3v) is 9.97. The number of carbonyl (C=O) groups is 1. The van der Waals surface area contributed by atoms with Crippen LogP contribution < -0.4 is 5.32 Å². The van der Waals surface area contributed by atoms with Crippen LogP contribution in [0.15, 0.2) is 76.5 Å². The van der Waals surface area contributed by atoms with Gasteiger partial charge in [0.2, 0.25) is 26.0 Å². The lowest BCUT2D eigenvalue weighted by atomic mass is 9.99. The van der Waals surface area contributed by atoms with Crippen LogP contribution >= 0.6 is 0 Å². The van der Waals surface area contributed by atoms with E-state index in [4.69, 9.17) is 0 Å². The molecule has 1 N–H and O–H groups in total. The maximum absolute atomic E-state index is 13.3. The van der Waals surface area contributed by atoms with Crippen molar-refractivity contribution in [2.24, 2.45) is 5.92 Å². The summed E-state index contributed by atoms with van der Waals surface area (Å²) in [5.41, 5.74) is 0.757. The molecule has 0 aromatic heterocycles. The molecule has 0 spiro atoms. The molecule has 0 aliphatic carbocycles. The minimum Gasteiger partial charge on any atom is -0.352 e. The molecule has 1 fully saturated rings. The van der Waals surface area contributed by atoms with Gasteiger partial charge < -0.3 is 5.32 Å². The zero-order valence-electron chi connectivity index (χ0n) is 19.7. The number of fused-ring (bicyclic) bond motifs is 1. The molecule has 8 nitrogen and oxygen atoms in total. The number of piperidine rings is 1. The number of rotatable bonds is 7. The third-order valence-electron chi connectivity index (χ3n) is 6.28. The Morgan fingerprint density at radius 1 is 0.943 bits per heavy atom. The van der Waals surface area contributed by atoms with Gasteiger partial charge in [0.05, 0.1) is 15.7 Å². The van der Waals surface area contributed by atoms with Crippen LogP contribution in [-0.2, 0) is 31.4 Å². The lowest BCUT2D eigenvalue weighted by Crippen LogP contribution is -2.45. The standard InChI is InChI=1S/C25H29N3O5S2/c1-27(2)34(30,31)23-12-9-19(10-13-23)17-26-25(29)22-8-5-15-28(18-22)35(32,33)24-14-11-20-6-3-4-7-21(20)16-24/h3-4,6-7,9-14,16,22H,5,8,15,17-18H2,1-2H3,(H,26,29)/t22-/m1/s1. The average Bonchev–Trinajstić information content (AvgIpc) is 2.87. The summed E-state index contributed by atoms with van der Waals surface area (Å²) >= 11 is 0. The summed E-state index contributed by atoms with van der Waals surface area (Å²) in [6, 6.07) is 19.0. The van der Waals surface area contributed by atoms with Gasteiger partial charge in [0.25, 0.3) is 0 Å². The van der Waals surface area contributed by atoms with E-state index < -0.39 is 26.0 Å². The van der Waals surface area contributed by atoms with E-state index in [1.165, 1.54) is 30.5 Å². The first-order chi connectivity index (χ1) is 16.6. The van der Waals surface area contributed by atoms with E-state index in [2.05, 4.69) is 5.32 Å². The minimum atomic E-state index is -3.72. The van der Waals surface area contributed by atoms with Gasteiger partial charge in [0.15, 0.2) is 0 Å². The first kappa shape index (κ1) is 25.3. The van der Waals surface area contributed by atoms with Gasteiger partial charge in [-0.1, -0.05) is 42.5 Å². The maximum Gasteiger partial charge on any atom is 0.243 e. The quantitative estimate of drug-likeness (QED) is 0.521. The maximum atomic E-state index is 13.3. The molecule has 1 aliphatic heterocycles.